The predicted molar refractivity (Wildman–Crippen MR) is 88.5 cm³/mol. The van der Waals surface area contributed by atoms with Gasteiger partial charge in [0.05, 0.1) is 5.25 Å². The summed E-state index contributed by atoms with van der Waals surface area (Å²) in [4.78, 5) is 13.8. The van der Waals surface area contributed by atoms with Crippen LogP contribution in [0.1, 0.15) is 46.0 Å². The molecule has 0 aromatic heterocycles. The van der Waals surface area contributed by atoms with Crippen molar-refractivity contribution in [1.29, 1.82) is 0 Å². The summed E-state index contributed by atoms with van der Waals surface area (Å²) in [5, 5.41) is 2.61. The Bertz CT molecular complexity index is 482. The first-order chi connectivity index (χ1) is 10.3. The summed E-state index contributed by atoms with van der Waals surface area (Å²) in [6.07, 6.45) is 6.72. The first kappa shape index (κ1) is 17.6. The molecule has 2 amide bonds. The molecule has 0 aromatic carbocycles. The lowest BCUT2D eigenvalue weighted by Crippen LogP contribution is -2.42. The molecule has 0 bridgehead atoms. The van der Waals surface area contributed by atoms with Crippen LogP contribution >= 0.6 is 0 Å². The van der Waals surface area contributed by atoms with E-state index in [2.05, 4.69) is 19.2 Å². The molecule has 1 heterocycles. The Morgan fingerprint density at radius 3 is 2.32 bits per heavy atom. The second kappa shape index (κ2) is 7.20. The highest BCUT2D eigenvalue weighted by Crippen LogP contribution is 2.32. The predicted octanol–water partition coefficient (Wildman–Crippen LogP) is 2.28. The molecule has 0 spiro atoms. The number of hydrogen-bond acceptors (Lipinski definition) is 3. The third-order valence-electron chi connectivity index (χ3n) is 5.41. The summed E-state index contributed by atoms with van der Waals surface area (Å²) in [6, 6.07) is -0.0999. The normalized spacial score (nSPS) is 29.8. The highest BCUT2D eigenvalue weighted by atomic mass is 32.2. The van der Waals surface area contributed by atoms with Crippen molar-refractivity contribution in [1.82, 2.24) is 10.2 Å². The lowest BCUT2D eigenvalue weighted by Gasteiger charge is -2.31. The Hall–Kier alpha value is -0.780. The van der Waals surface area contributed by atoms with Gasteiger partial charge in [-0.05, 0) is 49.9 Å². The van der Waals surface area contributed by atoms with Crippen molar-refractivity contribution >= 4 is 15.9 Å². The van der Waals surface area contributed by atoms with Crippen molar-refractivity contribution in [3.05, 3.63) is 0 Å². The smallest absolute Gasteiger partial charge is 0.317 e. The summed E-state index contributed by atoms with van der Waals surface area (Å²) >= 11 is 0. The summed E-state index contributed by atoms with van der Waals surface area (Å²) in [7, 11) is -3.04. The van der Waals surface area contributed by atoms with Crippen LogP contribution in [0.5, 0.6) is 0 Å². The minimum atomic E-state index is -3.04. The van der Waals surface area contributed by atoms with Gasteiger partial charge in [0, 0.05) is 25.9 Å². The van der Waals surface area contributed by atoms with Gasteiger partial charge in [-0.1, -0.05) is 13.8 Å². The summed E-state index contributed by atoms with van der Waals surface area (Å²) in [5.41, 5.74) is 0. The second-order valence-electron chi connectivity index (χ2n) is 7.40. The number of amides is 2. The number of carbonyl (C=O) groups excluding carboxylic acids is 1. The van der Waals surface area contributed by atoms with E-state index in [1.165, 1.54) is 31.9 Å². The molecule has 1 aliphatic heterocycles. The van der Waals surface area contributed by atoms with E-state index in [0.717, 1.165) is 18.4 Å². The van der Waals surface area contributed by atoms with Gasteiger partial charge >= 0.3 is 6.03 Å². The van der Waals surface area contributed by atoms with Gasteiger partial charge < -0.3 is 10.2 Å². The molecule has 128 valence electrons. The Morgan fingerprint density at radius 2 is 1.82 bits per heavy atom. The molecule has 1 N–H and O–H groups in total. The monoisotopic (exact) mass is 330 g/mol. The molecular weight excluding hydrogens is 300 g/mol. The molecular formula is C16H30N2O3S. The van der Waals surface area contributed by atoms with Crippen LogP contribution in [0.2, 0.25) is 0 Å². The van der Waals surface area contributed by atoms with Crippen molar-refractivity contribution in [3.63, 3.8) is 0 Å². The van der Waals surface area contributed by atoms with Gasteiger partial charge in [-0.2, -0.15) is 0 Å². The minimum absolute atomic E-state index is 0.0999. The maximum Gasteiger partial charge on any atom is 0.317 e. The maximum atomic E-state index is 12.2. The Kier molecular flexibility index (Phi) is 5.75. The van der Waals surface area contributed by atoms with Gasteiger partial charge in [-0.15, -0.1) is 0 Å². The molecule has 1 unspecified atom stereocenters. The van der Waals surface area contributed by atoms with Gasteiger partial charge in [0.15, 0.2) is 9.84 Å². The van der Waals surface area contributed by atoms with Crippen LogP contribution in [0.15, 0.2) is 0 Å². The van der Waals surface area contributed by atoms with Crippen LogP contribution in [0.25, 0.3) is 0 Å². The number of urea groups is 1. The minimum Gasteiger partial charge on any atom is -0.338 e. The SMILES string of the molecule is CC(C)C1CCC(CNC(=O)N2CCC(S(C)(=O)=O)C2)CC1. The van der Waals surface area contributed by atoms with Crippen molar-refractivity contribution < 1.29 is 13.2 Å². The molecule has 5 nitrogen and oxygen atoms in total. The maximum absolute atomic E-state index is 12.2. The fraction of sp³-hybridized carbons (Fsp3) is 0.938. The number of carbonyl (C=O) groups is 1. The van der Waals surface area contributed by atoms with E-state index in [1.54, 1.807) is 4.90 Å². The summed E-state index contributed by atoms with van der Waals surface area (Å²) in [6.45, 7) is 6.19. The van der Waals surface area contributed by atoms with Crippen LogP contribution < -0.4 is 5.32 Å². The molecule has 1 atom stereocenters. The van der Waals surface area contributed by atoms with Crippen LogP contribution in [-0.2, 0) is 9.84 Å². The van der Waals surface area contributed by atoms with Gasteiger partial charge in [-0.3, -0.25) is 0 Å². The van der Waals surface area contributed by atoms with E-state index >= 15 is 0 Å². The van der Waals surface area contributed by atoms with Crippen LogP contribution in [-0.4, -0.2) is 50.5 Å². The van der Waals surface area contributed by atoms with Crippen molar-refractivity contribution in [2.24, 2.45) is 17.8 Å². The van der Waals surface area contributed by atoms with E-state index < -0.39 is 9.84 Å². The second-order valence-corrected chi connectivity index (χ2v) is 9.72. The van der Waals surface area contributed by atoms with Crippen molar-refractivity contribution in [3.8, 4) is 0 Å². The summed E-state index contributed by atoms with van der Waals surface area (Å²) in [5.74, 6) is 2.17. The molecule has 0 aromatic rings. The molecule has 1 aliphatic carbocycles. The fourth-order valence-electron chi connectivity index (χ4n) is 3.66. The average molecular weight is 330 g/mol. The highest BCUT2D eigenvalue weighted by molar-refractivity contribution is 7.91. The van der Waals surface area contributed by atoms with E-state index in [9.17, 15) is 13.2 Å². The Balaban J connectivity index is 1.71. The molecule has 1 saturated carbocycles. The zero-order valence-electron chi connectivity index (χ0n) is 14.0. The van der Waals surface area contributed by atoms with Crippen LogP contribution in [0, 0.1) is 17.8 Å². The number of hydrogen-bond donors (Lipinski definition) is 1. The third kappa shape index (κ3) is 4.61. The molecule has 22 heavy (non-hydrogen) atoms. The number of nitrogens with one attached hydrogen (secondary N) is 1. The Labute approximate surface area is 134 Å². The molecule has 6 heteroatoms. The van der Waals surface area contributed by atoms with E-state index in [4.69, 9.17) is 0 Å². The first-order valence-electron chi connectivity index (χ1n) is 8.49. The Morgan fingerprint density at radius 1 is 1.18 bits per heavy atom. The summed E-state index contributed by atoms with van der Waals surface area (Å²) < 4.78 is 23.1. The lowest BCUT2D eigenvalue weighted by molar-refractivity contribution is 0.195. The van der Waals surface area contributed by atoms with E-state index in [0.29, 0.717) is 25.4 Å². The van der Waals surface area contributed by atoms with E-state index in [-0.39, 0.29) is 11.3 Å². The largest absolute Gasteiger partial charge is 0.338 e. The topological polar surface area (TPSA) is 66.5 Å². The van der Waals surface area contributed by atoms with Crippen molar-refractivity contribution in [2.75, 3.05) is 25.9 Å². The molecule has 2 rings (SSSR count). The molecule has 2 fully saturated rings. The van der Waals surface area contributed by atoms with Crippen LogP contribution in [0.3, 0.4) is 0 Å². The van der Waals surface area contributed by atoms with Crippen LogP contribution in [0.4, 0.5) is 4.79 Å². The molecule has 1 saturated heterocycles. The van der Waals surface area contributed by atoms with E-state index in [1.807, 2.05) is 0 Å². The third-order valence-corrected chi connectivity index (χ3v) is 7.01. The number of likely N-dealkylation sites (tertiary alicyclic amines) is 1. The fourth-order valence-corrected chi connectivity index (χ4v) is 4.65. The van der Waals surface area contributed by atoms with Crippen molar-refractivity contribution in [2.45, 2.75) is 51.2 Å². The average Bonchev–Trinajstić information content (AvgIpc) is 2.95. The molecule has 2 aliphatic rings. The van der Waals surface area contributed by atoms with Gasteiger partial charge in [0.1, 0.15) is 0 Å². The van der Waals surface area contributed by atoms with Gasteiger partial charge in [-0.25, -0.2) is 13.2 Å². The zero-order chi connectivity index (χ0) is 16.3. The number of rotatable bonds is 4. The molecule has 0 radical (unpaired) electrons. The first-order valence-corrected chi connectivity index (χ1v) is 10.4. The highest BCUT2D eigenvalue weighted by Gasteiger charge is 2.32. The standard InChI is InChI=1S/C16H30N2O3S/c1-12(2)14-6-4-13(5-7-14)10-17-16(19)18-9-8-15(11-18)22(3,20)21/h12-15H,4-11H2,1-3H3,(H,17,19). The number of nitrogens with zero attached hydrogens (tertiary/aromatic N) is 1. The zero-order valence-corrected chi connectivity index (χ0v) is 14.9. The quantitative estimate of drug-likeness (QED) is 0.860. The van der Waals surface area contributed by atoms with Gasteiger partial charge in [0.25, 0.3) is 0 Å². The number of sulfone groups is 1. The van der Waals surface area contributed by atoms with Gasteiger partial charge in [0.2, 0.25) is 0 Å². The lowest BCUT2D eigenvalue weighted by atomic mass is 9.77.